The number of carboxylic acid groups (broad SMARTS) is 1. The molecule has 1 atom stereocenters. The molecule has 2 aliphatic rings. The van der Waals surface area contributed by atoms with Crippen molar-refractivity contribution in [2.24, 2.45) is 0 Å². The zero-order valence-electron chi connectivity index (χ0n) is 15.1. The van der Waals surface area contributed by atoms with Crippen molar-refractivity contribution in [1.29, 1.82) is 0 Å². The maximum atomic E-state index is 12.0. The molecule has 26 heavy (non-hydrogen) atoms. The first-order valence-corrected chi connectivity index (χ1v) is 9.49. The molecule has 4 rings (SSSR count). The molecule has 4 nitrogen and oxygen atoms in total. The maximum Gasteiger partial charge on any atom is 0.407 e. The first kappa shape index (κ1) is 17.1. The number of likely N-dealkylation sites (tertiary alicyclic amines) is 1. The zero-order chi connectivity index (χ0) is 18.0. The van der Waals surface area contributed by atoms with Gasteiger partial charge in [-0.25, -0.2) is 4.79 Å². The SMILES string of the molecule is O=C(O)N(Cc1ccccc1)[C@H]1CCC2(CC2)N(Cc2ccccc2)C1. The maximum absolute atomic E-state index is 12.0. The Bertz CT molecular complexity index is 743. The van der Waals surface area contributed by atoms with Crippen molar-refractivity contribution in [3.8, 4) is 0 Å². The monoisotopic (exact) mass is 350 g/mol. The number of rotatable bonds is 5. The summed E-state index contributed by atoms with van der Waals surface area (Å²) in [5, 5.41) is 9.82. The summed E-state index contributed by atoms with van der Waals surface area (Å²) in [6, 6.07) is 20.5. The number of hydrogen-bond donors (Lipinski definition) is 1. The fraction of sp³-hybridized carbons (Fsp3) is 0.409. The van der Waals surface area contributed by atoms with Gasteiger partial charge in [-0.2, -0.15) is 0 Å². The fourth-order valence-corrected chi connectivity index (χ4v) is 4.27. The van der Waals surface area contributed by atoms with Gasteiger partial charge in [-0.1, -0.05) is 60.7 Å². The van der Waals surface area contributed by atoms with Crippen LogP contribution >= 0.6 is 0 Å². The number of carbonyl (C=O) groups is 1. The smallest absolute Gasteiger partial charge is 0.407 e. The highest BCUT2D eigenvalue weighted by Crippen LogP contribution is 2.49. The van der Waals surface area contributed by atoms with Crippen molar-refractivity contribution in [2.75, 3.05) is 6.54 Å². The Morgan fingerprint density at radius 1 is 1.00 bits per heavy atom. The summed E-state index contributed by atoms with van der Waals surface area (Å²) in [5.41, 5.74) is 2.68. The van der Waals surface area contributed by atoms with Crippen molar-refractivity contribution in [3.63, 3.8) is 0 Å². The minimum atomic E-state index is -0.815. The summed E-state index contributed by atoms with van der Waals surface area (Å²) >= 11 is 0. The van der Waals surface area contributed by atoms with Crippen LogP contribution in [0, 0.1) is 0 Å². The lowest BCUT2D eigenvalue weighted by Crippen LogP contribution is -2.53. The van der Waals surface area contributed by atoms with Gasteiger partial charge in [0, 0.05) is 31.2 Å². The predicted molar refractivity (Wildman–Crippen MR) is 102 cm³/mol. The number of amides is 1. The number of benzene rings is 2. The van der Waals surface area contributed by atoms with E-state index in [4.69, 9.17) is 0 Å². The van der Waals surface area contributed by atoms with Crippen molar-refractivity contribution in [3.05, 3.63) is 71.8 Å². The van der Waals surface area contributed by atoms with Gasteiger partial charge in [0.25, 0.3) is 0 Å². The minimum absolute atomic E-state index is 0.0580. The molecular weight excluding hydrogens is 324 g/mol. The van der Waals surface area contributed by atoms with Crippen molar-refractivity contribution >= 4 is 6.09 Å². The summed E-state index contributed by atoms with van der Waals surface area (Å²) in [6.07, 6.45) is 3.75. The molecule has 1 saturated heterocycles. The van der Waals surface area contributed by atoms with Gasteiger partial charge < -0.3 is 5.11 Å². The molecule has 1 aliphatic heterocycles. The van der Waals surface area contributed by atoms with Gasteiger partial charge in [0.05, 0.1) is 0 Å². The molecule has 2 fully saturated rings. The van der Waals surface area contributed by atoms with Crippen LogP contribution in [0.1, 0.15) is 36.8 Å². The Labute approximate surface area is 155 Å². The number of piperidine rings is 1. The van der Waals surface area contributed by atoms with Crippen LogP contribution < -0.4 is 0 Å². The molecule has 1 spiro atoms. The van der Waals surface area contributed by atoms with E-state index in [9.17, 15) is 9.90 Å². The normalized spacial score (nSPS) is 21.5. The third kappa shape index (κ3) is 3.61. The largest absolute Gasteiger partial charge is 0.465 e. The predicted octanol–water partition coefficient (Wildman–Crippen LogP) is 4.36. The molecule has 1 aliphatic carbocycles. The number of nitrogens with zero attached hydrogens (tertiary/aromatic N) is 2. The first-order valence-electron chi connectivity index (χ1n) is 9.49. The topological polar surface area (TPSA) is 43.8 Å². The highest BCUT2D eigenvalue weighted by atomic mass is 16.4. The van der Waals surface area contributed by atoms with Crippen LogP contribution in [0.5, 0.6) is 0 Å². The third-order valence-electron chi connectivity index (χ3n) is 5.97. The second kappa shape index (κ2) is 7.12. The quantitative estimate of drug-likeness (QED) is 0.871. The molecule has 1 N–H and O–H groups in total. The van der Waals surface area contributed by atoms with E-state index in [-0.39, 0.29) is 6.04 Å². The molecule has 0 aromatic heterocycles. The van der Waals surface area contributed by atoms with Crippen LogP contribution in [0.25, 0.3) is 0 Å². The molecule has 1 heterocycles. The Morgan fingerprint density at radius 2 is 1.62 bits per heavy atom. The lowest BCUT2D eigenvalue weighted by molar-refractivity contribution is 0.0396. The fourth-order valence-electron chi connectivity index (χ4n) is 4.27. The van der Waals surface area contributed by atoms with Crippen LogP contribution in [0.4, 0.5) is 4.79 Å². The van der Waals surface area contributed by atoms with E-state index < -0.39 is 6.09 Å². The first-order chi connectivity index (χ1) is 12.7. The van der Waals surface area contributed by atoms with Gasteiger partial charge in [0.2, 0.25) is 0 Å². The lowest BCUT2D eigenvalue weighted by atomic mass is 9.94. The van der Waals surface area contributed by atoms with E-state index in [0.29, 0.717) is 12.1 Å². The molecular formula is C22H26N2O2. The zero-order valence-corrected chi connectivity index (χ0v) is 15.1. The van der Waals surface area contributed by atoms with E-state index in [2.05, 4.69) is 29.2 Å². The van der Waals surface area contributed by atoms with Crippen LogP contribution in [-0.2, 0) is 13.1 Å². The second-order valence-corrected chi connectivity index (χ2v) is 7.68. The van der Waals surface area contributed by atoms with E-state index in [1.807, 2.05) is 36.4 Å². The van der Waals surface area contributed by atoms with Crippen molar-refractivity contribution < 1.29 is 9.90 Å². The molecule has 136 valence electrons. The number of hydrogen-bond acceptors (Lipinski definition) is 2. The average Bonchev–Trinajstić information content (AvgIpc) is 3.44. The minimum Gasteiger partial charge on any atom is -0.465 e. The van der Waals surface area contributed by atoms with E-state index in [0.717, 1.165) is 31.5 Å². The van der Waals surface area contributed by atoms with Gasteiger partial charge in [0.15, 0.2) is 0 Å². The van der Waals surface area contributed by atoms with Crippen molar-refractivity contribution in [1.82, 2.24) is 9.80 Å². The molecule has 0 bridgehead atoms. The van der Waals surface area contributed by atoms with Gasteiger partial charge in [-0.15, -0.1) is 0 Å². The van der Waals surface area contributed by atoms with Gasteiger partial charge in [0.1, 0.15) is 0 Å². The Balaban J connectivity index is 1.49. The summed E-state index contributed by atoms with van der Waals surface area (Å²) in [6.45, 7) is 2.21. The van der Waals surface area contributed by atoms with E-state index in [1.165, 1.54) is 18.4 Å². The average molecular weight is 350 g/mol. The Hall–Kier alpha value is -2.33. The van der Waals surface area contributed by atoms with Gasteiger partial charge >= 0.3 is 6.09 Å². The molecule has 1 amide bonds. The van der Waals surface area contributed by atoms with E-state index >= 15 is 0 Å². The highest BCUT2D eigenvalue weighted by Gasteiger charge is 2.51. The summed E-state index contributed by atoms with van der Waals surface area (Å²) < 4.78 is 0. The Morgan fingerprint density at radius 3 is 2.19 bits per heavy atom. The summed E-state index contributed by atoms with van der Waals surface area (Å²) in [7, 11) is 0. The van der Waals surface area contributed by atoms with Gasteiger partial charge in [-0.3, -0.25) is 9.80 Å². The molecule has 2 aromatic rings. The Kier molecular flexibility index (Phi) is 4.68. The molecule has 2 aromatic carbocycles. The van der Waals surface area contributed by atoms with Crippen LogP contribution in [-0.4, -0.2) is 39.1 Å². The standard InChI is InChI=1S/C22H26N2O2/c25-21(26)24(16-19-9-5-2-6-10-19)20-11-12-22(13-14-22)23(17-20)15-18-7-3-1-4-8-18/h1-10,20H,11-17H2,(H,25,26)/t20-/m0/s1. The molecule has 4 heteroatoms. The molecule has 0 unspecified atom stereocenters. The van der Waals surface area contributed by atoms with Crippen LogP contribution in [0.15, 0.2) is 60.7 Å². The summed E-state index contributed by atoms with van der Waals surface area (Å²) in [5.74, 6) is 0. The van der Waals surface area contributed by atoms with E-state index in [1.54, 1.807) is 4.90 Å². The highest BCUT2D eigenvalue weighted by molar-refractivity contribution is 5.65. The van der Waals surface area contributed by atoms with Crippen LogP contribution in [0.2, 0.25) is 0 Å². The third-order valence-corrected chi connectivity index (χ3v) is 5.97. The lowest BCUT2D eigenvalue weighted by Gasteiger charge is -2.43. The van der Waals surface area contributed by atoms with Crippen molar-refractivity contribution in [2.45, 2.75) is 50.4 Å². The van der Waals surface area contributed by atoms with Crippen LogP contribution in [0.3, 0.4) is 0 Å². The van der Waals surface area contributed by atoms with Gasteiger partial charge in [-0.05, 0) is 36.8 Å². The second-order valence-electron chi connectivity index (χ2n) is 7.68. The summed E-state index contributed by atoms with van der Waals surface area (Å²) in [4.78, 5) is 16.1. The molecule has 1 saturated carbocycles. The molecule has 0 radical (unpaired) electrons.